The second-order valence-electron chi connectivity index (χ2n) is 6.90. The number of rotatable bonds is 5. The topological polar surface area (TPSA) is 71.1 Å². The molecule has 0 bridgehead atoms. The van der Waals surface area contributed by atoms with Gasteiger partial charge in [-0.25, -0.2) is 0 Å². The molecule has 25 heavy (non-hydrogen) atoms. The molecule has 1 saturated carbocycles. The lowest BCUT2D eigenvalue weighted by Crippen LogP contribution is -2.31. The molecule has 0 aliphatic heterocycles. The number of hydrogen-bond acceptors (Lipinski definition) is 3. The molecule has 0 radical (unpaired) electrons. The SMILES string of the molecule is O=C(CCNC(=O)[C@@H]1C[C@@]12CCc1ccccc12)Nc1ccncc1. The van der Waals surface area contributed by atoms with Crippen LogP contribution < -0.4 is 10.6 Å². The lowest BCUT2D eigenvalue weighted by Gasteiger charge is -2.12. The van der Waals surface area contributed by atoms with Gasteiger partial charge in [-0.3, -0.25) is 14.6 Å². The molecule has 2 amide bonds. The van der Waals surface area contributed by atoms with Gasteiger partial charge in [0.25, 0.3) is 0 Å². The first-order chi connectivity index (χ1) is 12.2. The molecular weight excluding hydrogens is 314 g/mol. The second kappa shape index (κ2) is 6.31. The lowest BCUT2D eigenvalue weighted by atomic mass is 9.95. The normalized spacial score (nSPS) is 23.1. The number of aryl methyl sites for hydroxylation is 1. The first kappa shape index (κ1) is 15.8. The highest BCUT2D eigenvalue weighted by molar-refractivity contribution is 5.91. The zero-order chi connectivity index (χ0) is 17.3. The third kappa shape index (κ3) is 3.02. The summed E-state index contributed by atoms with van der Waals surface area (Å²) >= 11 is 0. The van der Waals surface area contributed by atoms with E-state index in [9.17, 15) is 9.59 Å². The van der Waals surface area contributed by atoms with E-state index in [4.69, 9.17) is 0 Å². The molecule has 1 aromatic heterocycles. The highest BCUT2D eigenvalue weighted by atomic mass is 16.2. The summed E-state index contributed by atoms with van der Waals surface area (Å²) in [6.07, 6.45) is 6.58. The first-order valence-electron chi connectivity index (χ1n) is 8.75. The Morgan fingerprint density at radius 3 is 2.80 bits per heavy atom. The van der Waals surface area contributed by atoms with E-state index in [1.165, 1.54) is 11.1 Å². The van der Waals surface area contributed by atoms with E-state index in [-0.39, 0.29) is 29.6 Å². The van der Waals surface area contributed by atoms with E-state index >= 15 is 0 Å². The molecule has 5 heteroatoms. The number of nitrogens with zero attached hydrogens (tertiary/aromatic N) is 1. The standard InChI is InChI=1S/C20H21N3O2/c24-18(23-15-6-10-21-11-7-15)8-12-22-19(25)17-13-20(17)9-5-14-3-1-2-4-16(14)20/h1-4,6-7,10-11,17H,5,8-9,12-13H2,(H,22,25)(H,21,23,24)/t17-,20+/m0/s1. The highest BCUT2D eigenvalue weighted by Gasteiger charge is 2.61. The Balaban J connectivity index is 1.26. The van der Waals surface area contributed by atoms with Gasteiger partial charge in [-0.05, 0) is 42.5 Å². The van der Waals surface area contributed by atoms with Gasteiger partial charge < -0.3 is 10.6 Å². The van der Waals surface area contributed by atoms with Gasteiger partial charge in [0.15, 0.2) is 0 Å². The Labute approximate surface area is 146 Å². The number of carbonyl (C=O) groups is 2. The molecule has 4 rings (SSSR count). The van der Waals surface area contributed by atoms with Gasteiger partial charge in [0.05, 0.1) is 0 Å². The molecule has 2 aliphatic carbocycles. The molecule has 2 N–H and O–H groups in total. The molecule has 1 heterocycles. The number of hydrogen-bond donors (Lipinski definition) is 2. The fraction of sp³-hybridized carbons (Fsp3) is 0.350. The number of amides is 2. The minimum absolute atomic E-state index is 0.0550. The van der Waals surface area contributed by atoms with Gasteiger partial charge in [0, 0.05) is 42.4 Å². The van der Waals surface area contributed by atoms with Crippen LogP contribution in [-0.2, 0) is 21.4 Å². The zero-order valence-corrected chi connectivity index (χ0v) is 14.0. The summed E-state index contributed by atoms with van der Waals surface area (Å²) in [4.78, 5) is 28.3. The van der Waals surface area contributed by atoms with Crippen molar-refractivity contribution < 1.29 is 9.59 Å². The van der Waals surface area contributed by atoms with E-state index in [1.807, 2.05) is 0 Å². The fourth-order valence-electron chi connectivity index (χ4n) is 4.02. The van der Waals surface area contributed by atoms with Crippen molar-refractivity contribution in [2.45, 2.75) is 31.1 Å². The van der Waals surface area contributed by atoms with E-state index in [1.54, 1.807) is 24.5 Å². The number of anilines is 1. The Hall–Kier alpha value is -2.69. The van der Waals surface area contributed by atoms with E-state index in [0.29, 0.717) is 6.54 Å². The molecule has 5 nitrogen and oxygen atoms in total. The third-order valence-corrected chi connectivity index (χ3v) is 5.40. The number of fused-ring (bicyclic) bond motifs is 2. The fourth-order valence-corrected chi connectivity index (χ4v) is 4.02. The van der Waals surface area contributed by atoms with Crippen LogP contribution in [-0.4, -0.2) is 23.3 Å². The molecule has 1 aromatic carbocycles. The summed E-state index contributed by atoms with van der Waals surface area (Å²) in [5, 5.41) is 5.72. The van der Waals surface area contributed by atoms with Crippen LogP contribution in [0.15, 0.2) is 48.8 Å². The number of benzene rings is 1. The summed E-state index contributed by atoms with van der Waals surface area (Å²) in [6, 6.07) is 11.9. The van der Waals surface area contributed by atoms with Gasteiger partial charge in [-0.1, -0.05) is 24.3 Å². The van der Waals surface area contributed by atoms with E-state index < -0.39 is 0 Å². The average Bonchev–Trinajstić information content (AvgIpc) is 3.25. The molecule has 0 saturated heterocycles. The van der Waals surface area contributed by atoms with Crippen molar-refractivity contribution in [3.63, 3.8) is 0 Å². The Kier molecular flexibility index (Phi) is 3.99. The van der Waals surface area contributed by atoms with Gasteiger partial charge in [0.2, 0.25) is 11.8 Å². The van der Waals surface area contributed by atoms with Crippen LogP contribution in [0.3, 0.4) is 0 Å². The number of carbonyl (C=O) groups excluding carboxylic acids is 2. The van der Waals surface area contributed by atoms with Crippen LogP contribution in [0.25, 0.3) is 0 Å². The first-order valence-corrected chi connectivity index (χ1v) is 8.75. The summed E-state index contributed by atoms with van der Waals surface area (Å²) in [6.45, 7) is 0.365. The summed E-state index contributed by atoms with van der Waals surface area (Å²) < 4.78 is 0. The molecule has 2 aliphatic rings. The predicted molar refractivity (Wildman–Crippen MR) is 95.0 cm³/mol. The molecule has 128 valence electrons. The van der Waals surface area contributed by atoms with Gasteiger partial charge in [-0.2, -0.15) is 0 Å². The minimum atomic E-state index is -0.108. The summed E-state index contributed by atoms with van der Waals surface area (Å²) in [7, 11) is 0. The van der Waals surface area contributed by atoms with Crippen molar-refractivity contribution in [2.75, 3.05) is 11.9 Å². The molecular formula is C20H21N3O2. The third-order valence-electron chi connectivity index (χ3n) is 5.40. The molecule has 0 unspecified atom stereocenters. The average molecular weight is 335 g/mol. The quantitative estimate of drug-likeness (QED) is 0.881. The van der Waals surface area contributed by atoms with Gasteiger partial charge in [0.1, 0.15) is 0 Å². The monoisotopic (exact) mass is 335 g/mol. The number of pyridine rings is 1. The maximum absolute atomic E-state index is 12.5. The molecule has 2 aromatic rings. The minimum Gasteiger partial charge on any atom is -0.355 e. The number of aromatic nitrogens is 1. The second-order valence-corrected chi connectivity index (χ2v) is 6.90. The summed E-state index contributed by atoms with van der Waals surface area (Å²) in [5.41, 5.74) is 3.51. The van der Waals surface area contributed by atoms with Crippen molar-refractivity contribution in [1.29, 1.82) is 0 Å². The maximum atomic E-state index is 12.5. The molecule has 1 spiro atoms. The van der Waals surface area contributed by atoms with Crippen LogP contribution in [0.2, 0.25) is 0 Å². The maximum Gasteiger partial charge on any atom is 0.226 e. The Morgan fingerprint density at radius 1 is 1.16 bits per heavy atom. The van der Waals surface area contributed by atoms with E-state index in [2.05, 4.69) is 39.9 Å². The van der Waals surface area contributed by atoms with Crippen molar-refractivity contribution in [3.8, 4) is 0 Å². The lowest BCUT2D eigenvalue weighted by molar-refractivity contribution is -0.122. The van der Waals surface area contributed by atoms with Crippen LogP contribution in [0, 0.1) is 5.92 Å². The van der Waals surface area contributed by atoms with Gasteiger partial charge in [-0.15, -0.1) is 0 Å². The largest absolute Gasteiger partial charge is 0.355 e. The van der Waals surface area contributed by atoms with Crippen LogP contribution in [0.1, 0.15) is 30.4 Å². The van der Waals surface area contributed by atoms with E-state index in [0.717, 1.165) is 24.9 Å². The summed E-state index contributed by atoms with van der Waals surface area (Å²) in [5.74, 6) is 0.0241. The number of nitrogens with one attached hydrogen (secondary N) is 2. The Bertz CT molecular complexity index is 806. The Morgan fingerprint density at radius 2 is 1.96 bits per heavy atom. The van der Waals surface area contributed by atoms with Crippen LogP contribution >= 0.6 is 0 Å². The highest BCUT2D eigenvalue weighted by Crippen LogP contribution is 2.61. The van der Waals surface area contributed by atoms with Crippen molar-refractivity contribution in [2.24, 2.45) is 5.92 Å². The van der Waals surface area contributed by atoms with Crippen molar-refractivity contribution in [3.05, 3.63) is 59.9 Å². The molecule has 2 atom stereocenters. The van der Waals surface area contributed by atoms with Gasteiger partial charge >= 0.3 is 0 Å². The predicted octanol–water partition coefficient (Wildman–Crippen LogP) is 2.43. The molecule has 1 fully saturated rings. The smallest absolute Gasteiger partial charge is 0.226 e. The van der Waals surface area contributed by atoms with Crippen molar-refractivity contribution >= 4 is 17.5 Å². The van der Waals surface area contributed by atoms with Crippen LogP contribution in [0.4, 0.5) is 5.69 Å². The zero-order valence-electron chi connectivity index (χ0n) is 14.0. The van der Waals surface area contributed by atoms with Crippen LogP contribution in [0.5, 0.6) is 0 Å². The van der Waals surface area contributed by atoms with Crippen molar-refractivity contribution in [1.82, 2.24) is 10.3 Å².